The summed E-state index contributed by atoms with van der Waals surface area (Å²) >= 11 is 5.90. The van der Waals surface area contributed by atoms with Crippen molar-refractivity contribution in [3.63, 3.8) is 0 Å². The van der Waals surface area contributed by atoms with Gasteiger partial charge in [0.1, 0.15) is 0 Å². The van der Waals surface area contributed by atoms with Crippen LogP contribution < -0.4 is 5.32 Å². The number of rotatable bonds is 2. The molecule has 1 aromatic carbocycles. The van der Waals surface area contributed by atoms with E-state index >= 15 is 0 Å². The fourth-order valence-corrected chi connectivity index (χ4v) is 3.55. The zero-order chi connectivity index (χ0) is 13.9. The third-order valence-electron chi connectivity index (χ3n) is 4.46. The molecule has 1 aromatic rings. The second-order valence-electron chi connectivity index (χ2n) is 5.77. The molecule has 2 heterocycles. The largest absolute Gasteiger partial charge is 0.334 e. The van der Waals surface area contributed by atoms with E-state index in [0.29, 0.717) is 17.1 Å². The first-order chi connectivity index (χ1) is 9.75. The van der Waals surface area contributed by atoms with Crippen molar-refractivity contribution < 1.29 is 4.79 Å². The van der Waals surface area contributed by atoms with Crippen molar-refractivity contribution in [3.05, 3.63) is 34.9 Å². The molecule has 1 amide bonds. The van der Waals surface area contributed by atoms with Gasteiger partial charge in [-0.1, -0.05) is 11.6 Å². The van der Waals surface area contributed by atoms with Gasteiger partial charge >= 0.3 is 0 Å². The molecule has 0 bridgehead atoms. The van der Waals surface area contributed by atoms with Crippen LogP contribution in [-0.4, -0.2) is 36.0 Å². The van der Waals surface area contributed by atoms with Gasteiger partial charge in [0, 0.05) is 29.2 Å². The number of carbonyl (C=O) groups excluding carboxylic acids is 1. The van der Waals surface area contributed by atoms with Crippen LogP contribution in [0.5, 0.6) is 0 Å². The Labute approximate surface area is 125 Å². The molecule has 3 nitrogen and oxygen atoms in total. The summed E-state index contributed by atoms with van der Waals surface area (Å²) in [6.45, 7) is 1.97. The van der Waals surface area contributed by atoms with Gasteiger partial charge in [-0.25, -0.2) is 0 Å². The Bertz CT molecular complexity index is 468. The zero-order valence-corrected chi connectivity index (χ0v) is 12.4. The molecule has 2 unspecified atom stereocenters. The van der Waals surface area contributed by atoms with Crippen LogP contribution in [0.15, 0.2) is 24.3 Å². The number of nitrogens with zero attached hydrogens (tertiary/aromatic N) is 1. The highest BCUT2D eigenvalue weighted by atomic mass is 35.5. The van der Waals surface area contributed by atoms with Gasteiger partial charge < -0.3 is 10.2 Å². The summed E-state index contributed by atoms with van der Waals surface area (Å²) in [6.07, 6.45) is 5.88. The molecule has 2 aliphatic rings. The molecule has 0 radical (unpaired) electrons. The van der Waals surface area contributed by atoms with Crippen molar-refractivity contribution in [2.24, 2.45) is 0 Å². The Morgan fingerprint density at radius 1 is 1.15 bits per heavy atom. The fourth-order valence-electron chi connectivity index (χ4n) is 3.43. The number of piperidine rings is 1. The number of benzene rings is 1. The van der Waals surface area contributed by atoms with Crippen LogP contribution in [0.4, 0.5) is 0 Å². The number of halogens is 1. The molecule has 3 rings (SSSR count). The topological polar surface area (TPSA) is 32.3 Å². The second-order valence-corrected chi connectivity index (χ2v) is 6.21. The van der Waals surface area contributed by atoms with Gasteiger partial charge in [0.2, 0.25) is 0 Å². The molecular formula is C16H21ClN2O. The minimum Gasteiger partial charge on any atom is -0.334 e. The van der Waals surface area contributed by atoms with Gasteiger partial charge in [-0.3, -0.25) is 4.79 Å². The average molecular weight is 293 g/mol. The summed E-state index contributed by atoms with van der Waals surface area (Å²) in [5.74, 6) is 0.153. The Kier molecular flexibility index (Phi) is 4.27. The average Bonchev–Trinajstić information content (AvgIpc) is 3.01. The number of carbonyl (C=O) groups is 1. The van der Waals surface area contributed by atoms with Gasteiger partial charge in [-0.2, -0.15) is 0 Å². The van der Waals surface area contributed by atoms with Gasteiger partial charge in [0.25, 0.3) is 5.91 Å². The van der Waals surface area contributed by atoms with Crippen molar-refractivity contribution in [2.75, 3.05) is 13.1 Å². The molecule has 2 fully saturated rings. The summed E-state index contributed by atoms with van der Waals surface area (Å²) < 4.78 is 0. The van der Waals surface area contributed by atoms with Crippen molar-refractivity contribution in [2.45, 2.75) is 44.2 Å². The smallest absolute Gasteiger partial charge is 0.254 e. The minimum absolute atomic E-state index is 0.153. The predicted molar refractivity (Wildman–Crippen MR) is 81.2 cm³/mol. The maximum Gasteiger partial charge on any atom is 0.254 e. The van der Waals surface area contributed by atoms with E-state index in [1.807, 2.05) is 12.1 Å². The number of likely N-dealkylation sites (tertiary alicyclic amines) is 1. The van der Waals surface area contributed by atoms with Crippen molar-refractivity contribution in [1.82, 2.24) is 10.2 Å². The van der Waals surface area contributed by atoms with Gasteiger partial charge in [-0.05, 0) is 62.9 Å². The highest BCUT2D eigenvalue weighted by molar-refractivity contribution is 6.30. The van der Waals surface area contributed by atoms with E-state index in [4.69, 9.17) is 11.6 Å². The van der Waals surface area contributed by atoms with Crippen molar-refractivity contribution in [1.29, 1.82) is 0 Å². The van der Waals surface area contributed by atoms with Gasteiger partial charge in [0.05, 0.1) is 0 Å². The third kappa shape index (κ3) is 2.84. The minimum atomic E-state index is 0.153. The lowest BCUT2D eigenvalue weighted by molar-refractivity contribution is 0.0563. The molecule has 20 heavy (non-hydrogen) atoms. The predicted octanol–water partition coefficient (Wildman–Crippen LogP) is 3.09. The summed E-state index contributed by atoms with van der Waals surface area (Å²) in [5, 5.41) is 4.23. The maximum absolute atomic E-state index is 12.7. The van der Waals surface area contributed by atoms with Gasteiger partial charge in [-0.15, -0.1) is 0 Å². The van der Waals surface area contributed by atoms with E-state index in [9.17, 15) is 4.79 Å². The molecular weight excluding hydrogens is 272 g/mol. The molecule has 1 N–H and O–H groups in total. The first-order valence-electron chi connectivity index (χ1n) is 7.55. The highest BCUT2D eigenvalue weighted by Gasteiger charge is 2.34. The summed E-state index contributed by atoms with van der Waals surface area (Å²) in [7, 11) is 0. The molecule has 0 aliphatic carbocycles. The monoisotopic (exact) mass is 292 g/mol. The van der Waals surface area contributed by atoms with E-state index in [0.717, 1.165) is 31.5 Å². The number of hydrogen-bond acceptors (Lipinski definition) is 2. The van der Waals surface area contributed by atoms with Crippen LogP contribution in [0, 0.1) is 0 Å². The lowest BCUT2D eigenvalue weighted by Gasteiger charge is -2.39. The van der Waals surface area contributed by atoms with Crippen LogP contribution in [-0.2, 0) is 0 Å². The lowest BCUT2D eigenvalue weighted by Crippen LogP contribution is -2.52. The Balaban J connectivity index is 1.78. The first-order valence-corrected chi connectivity index (χ1v) is 7.93. The van der Waals surface area contributed by atoms with E-state index in [-0.39, 0.29) is 5.91 Å². The molecule has 2 aliphatic heterocycles. The van der Waals surface area contributed by atoms with Gasteiger partial charge in [0.15, 0.2) is 0 Å². The zero-order valence-electron chi connectivity index (χ0n) is 11.6. The highest BCUT2D eigenvalue weighted by Crippen LogP contribution is 2.26. The Morgan fingerprint density at radius 3 is 2.65 bits per heavy atom. The molecule has 0 saturated carbocycles. The van der Waals surface area contributed by atoms with E-state index < -0.39 is 0 Å². The summed E-state index contributed by atoms with van der Waals surface area (Å²) in [5.41, 5.74) is 0.749. The Morgan fingerprint density at radius 2 is 1.95 bits per heavy atom. The summed E-state index contributed by atoms with van der Waals surface area (Å²) in [4.78, 5) is 14.8. The van der Waals surface area contributed by atoms with E-state index in [2.05, 4.69) is 10.2 Å². The van der Waals surface area contributed by atoms with Crippen molar-refractivity contribution >= 4 is 17.5 Å². The van der Waals surface area contributed by atoms with Crippen LogP contribution in [0.1, 0.15) is 42.5 Å². The molecule has 0 spiro atoms. The van der Waals surface area contributed by atoms with E-state index in [1.54, 1.807) is 12.1 Å². The first kappa shape index (κ1) is 13.9. The second kappa shape index (κ2) is 6.15. The van der Waals surface area contributed by atoms with Crippen LogP contribution in [0.2, 0.25) is 5.02 Å². The fraction of sp³-hybridized carbons (Fsp3) is 0.562. The maximum atomic E-state index is 12.7. The molecule has 2 atom stereocenters. The standard InChI is InChI=1S/C16H21ClN2O/c17-13-8-6-12(7-9-13)16(20)19-11-2-1-5-15(19)14-4-3-10-18-14/h6-9,14-15,18H,1-5,10-11H2. The lowest BCUT2D eigenvalue weighted by atomic mass is 9.93. The van der Waals surface area contributed by atoms with E-state index in [1.165, 1.54) is 19.3 Å². The number of nitrogens with one attached hydrogen (secondary N) is 1. The molecule has 4 heteroatoms. The SMILES string of the molecule is O=C(c1ccc(Cl)cc1)N1CCCCC1C1CCCN1. The quantitative estimate of drug-likeness (QED) is 0.908. The third-order valence-corrected chi connectivity index (χ3v) is 4.72. The number of hydrogen-bond donors (Lipinski definition) is 1. The molecule has 2 saturated heterocycles. The Hall–Kier alpha value is -1.06. The van der Waals surface area contributed by atoms with Crippen LogP contribution in [0.3, 0.4) is 0 Å². The molecule has 108 valence electrons. The van der Waals surface area contributed by atoms with Crippen molar-refractivity contribution in [3.8, 4) is 0 Å². The van der Waals surface area contributed by atoms with Crippen LogP contribution >= 0.6 is 11.6 Å². The van der Waals surface area contributed by atoms with Crippen LogP contribution in [0.25, 0.3) is 0 Å². The summed E-state index contributed by atoms with van der Waals surface area (Å²) in [6, 6.07) is 8.08. The number of amides is 1. The normalized spacial score (nSPS) is 26.8. The molecule has 0 aromatic heterocycles.